The number of halogens is 2. The summed E-state index contributed by atoms with van der Waals surface area (Å²) in [6, 6.07) is 7.29. The van der Waals surface area contributed by atoms with Crippen molar-refractivity contribution in [1.29, 1.82) is 0 Å². The molecule has 0 bridgehead atoms. The first-order valence-electron chi connectivity index (χ1n) is 5.11. The lowest BCUT2D eigenvalue weighted by molar-refractivity contribution is -0.129. The highest BCUT2D eigenvalue weighted by atomic mass is 35.5. The smallest absolute Gasteiger partial charge is 0.226 e. The minimum absolute atomic E-state index is 0.0285. The molecule has 88 valence electrons. The van der Waals surface area contributed by atoms with Gasteiger partial charge in [0.15, 0.2) is 0 Å². The van der Waals surface area contributed by atoms with Crippen LogP contribution in [0, 0.1) is 0 Å². The molecule has 0 spiro atoms. The van der Waals surface area contributed by atoms with E-state index in [9.17, 15) is 4.79 Å². The van der Waals surface area contributed by atoms with Crippen LogP contribution in [0.4, 0.5) is 0 Å². The van der Waals surface area contributed by atoms with Crippen LogP contribution < -0.4 is 0 Å². The normalized spacial score (nSPS) is 12.2. The van der Waals surface area contributed by atoms with Crippen LogP contribution in [-0.2, 0) is 11.2 Å². The Balaban J connectivity index is 2.54. The van der Waals surface area contributed by atoms with Crippen molar-refractivity contribution in [2.24, 2.45) is 0 Å². The minimum Gasteiger partial charge on any atom is -0.344 e. The van der Waals surface area contributed by atoms with E-state index < -0.39 is 0 Å². The number of carbonyl (C=O) groups is 1. The second kappa shape index (κ2) is 6.12. The molecule has 16 heavy (non-hydrogen) atoms. The lowest BCUT2D eigenvalue weighted by Gasteiger charge is -2.18. The molecule has 1 amide bonds. The van der Waals surface area contributed by atoms with Gasteiger partial charge in [-0.25, -0.2) is 0 Å². The van der Waals surface area contributed by atoms with Gasteiger partial charge in [-0.15, -0.1) is 11.6 Å². The van der Waals surface area contributed by atoms with Gasteiger partial charge in [0.2, 0.25) is 5.91 Å². The fourth-order valence-corrected chi connectivity index (χ4v) is 1.72. The second-order valence-corrected chi connectivity index (χ2v) is 5.04. The van der Waals surface area contributed by atoms with Crippen molar-refractivity contribution < 1.29 is 4.79 Å². The number of amides is 1. The first-order chi connectivity index (χ1) is 7.49. The fourth-order valence-electron chi connectivity index (χ4n) is 1.39. The van der Waals surface area contributed by atoms with E-state index in [1.165, 1.54) is 0 Å². The molecule has 1 aromatic rings. The second-order valence-electron chi connectivity index (χ2n) is 3.86. The van der Waals surface area contributed by atoms with E-state index in [1.54, 1.807) is 24.1 Å². The molecule has 0 heterocycles. The molecule has 0 N–H and O–H groups in total. The van der Waals surface area contributed by atoms with Crippen LogP contribution in [-0.4, -0.2) is 29.8 Å². The van der Waals surface area contributed by atoms with Gasteiger partial charge in [0.05, 0.1) is 6.42 Å². The Kier molecular flexibility index (Phi) is 5.10. The molecular formula is C12H15Cl2NO. The number of likely N-dealkylation sites (N-methyl/N-ethyl adjacent to an activating group) is 1. The summed E-state index contributed by atoms with van der Waals surface area (Å²) in [5, 5.41) is 0.651. The summed E-state index contributed by atoms with van der Waals surface area (Å²) in [5.74, 6) is 0.0647. The first kappa shape index (κ1) is 13.3. The first-order valence-corrected chi connectivity index (χ1v) is 5.93. The Morgan fingerprint density at radius 1 is 1.38 bits per heavy atom. The molecule has 0 saturated heterocycles. The van der Waals surface area contributed by atoms with Gasteiger partial charge in [0.25, 0.3) is 0 Å². The lowest BCUT2D eigenvalue weighted by Crippen LogP contribution is -2.32. The molecule has 0 aliphatic heterocycles. The van der Waals surface area contributed by atoms with E-state index in [-0.39, 0.29) is 11.3 Å². The number of benzene rings is 1. The van der Waals surface area contributed by atoms with Crippen molar-refractivity contribution in [1.82, 2.24) is 4.90 Å². The number of hydrogen-bond donors (Lipinski definition) is 0. The summed E-state index contributed by atoms with van der Waals surface area (Å²) in [6.07, 6.45) is 0.386. The number of rotatable bonds is 4. The zero-order valence-electron chi connectivity index (χ0n) is 9.41. The van der Waals surface area contributed by atoms with Gasteiger partial charge in [-0.1, -0.05) is 23.7 Å². The molecule has 1 rings (SSSR count). The van der Waals surface area contributed by atoms with E-state index in [0.717, 1.165) is 5.56 Å². The Labute approximate surface area is 106 Å². The highest BCUT2D eigenvalue weighted by molar-refractivity contribution is 6.30. The van der Waals surface area contributed by atoms with Crippen LogP contribution in [0.5, 0.6) is 0 Å². The maximum Gasteiger partial charge on any atom is 0.226 e. The molecule has 1 atom stereocenters. The van der Waals surface area contributed by atoms with Gasteiger partial charge in [0.1, 0.15) is 0 Å². The summed E-state index contributed by atoms with van der Waals surface area (Å²) < 4.78 is 0. The molecule has 0 fully saturated rings. The SMILES string of the molecule is CC(Cl)CN(C)C(=O)Cc1ccc(Cl)cc1. The molecule has 1 unspecified atom stereocenters. The molecule has 0 radical (unpaired) electrons. The Hall–Kier alpha value is -0.730. The average molecular weight is 260 g/mol. The van der Waals surface area contributed by atoms with Gasteiger partial charge in [-0.05, 0) is 24.6 Å². The maximum atomic E-state index is 11.8. The van der Waals surface area contributed by atoms with Crippen LogP contribution in [0.3, 0.4) is 0 Å². The predicted octanol–water partition coefficient (Wildman–Crippen LogP) is 2.97. The summed E-state index contributed by atoms with van der Waals surface area (Å²) in [7, 11) is 1.76. The van der Waals surface area contributed by atoms with Crippen LogP contribution in [0.15, 0.2) is 24.3 Å². The van der Waals surface area contributed by atoms with E-state index in [4.69, 9.17) is 23.2 Å². The summed E-state index contributed by atoms with van der Waals surface area (Å²) in [6.45, 7) is 2.43. The van der Waals surface area contributed by atoms with E-state index >= 15 is 0 Å². The number of carbonyl (C=O) groups excluding carboxylic acids is 1. The number of hydrogen-bond acceptors (Lipinski definition) is 1. The predicted molar refractivity (Wildman–Crippen MR) is 68.1 cm³/mol. The van der Waals surface area contributed by atoms with E-state index in [0.29, 0.717) is 18.0 Å². The zero-order chi connectivity index (χ0) is 12.1. The minimum atomic E-state index is -0.0285. The number of alkyl halides is 1. The van der Waals surface area contributed by atoms with Crippen molar-refractivity contribution in [3.63, 3.8) is 0 Å². The van der Waals surface area contributed by atoms with Crippen LogP contribution in [0.1, 0.15) is 12.5 Å². The third-order valence-corrected chi connectivity index (χ3v) is 2.61. The molecule has 0 saturated carbocycles. The molecule has 0 aliphatic carbocycles. The van der Waals surface area contributed by atoms with Crippen LogP contribution in [0.2, 0.25) is 5.02 Å². The Morgan fingerprint density at radius 3 is 2.44 bits per heavy atom. The monoisotopic (exact) mass is 259 g/mol. The van der Waals surface area contributed by atoms with Gasteiger partial charge >= 0.3 is 0 Å². The van der Waals surface area contributed by atoms with Crippen molar-refractivity contribution in [2.75, 3.05) is 13.6 Å². The third kappa shape index (κ3) is 4.42. The van der Waals surface area contributed by atoms with Crippen molar-refractivity contribution in [3.8, 4) is 0 Å². The summed E-state index contributed by atoms with van der Waals surface area (Å²) in [4.78, 5) is 13.4. The van der Waals surface area contributed by atoms with Crippen LogP contribution in [0.25, 0.3) is 0 Å². The summed E-state index contributed by atoms with van der Waals surface area (Å²) >= 11 is 11.6. The topological polar surface area (TPSA) is 20.3 Å². The standard InChI is InChI=1S/C12H15Cl2NO/c1-9(13)8-15(2)12(16)7-10-3-5-11(14)6-4-10/h3-6,9H,7-8H2,1-2H3. The van der Waals surface area contributed by atoms with Crippen LogP contribution >= 0.6 is 23.2 Å². The molecule has 1 aromatic carbocycles. The molecular weight excluding hydrogens is 245 g/mol. The average Bonchev–Trinajstić information content (AvgIpc) is 2.20. The van der Waals surface area contributed by atoms with Gasteiger partial charge < -0.3 is 4.90 Å². The van der Waals surface area contributed by atoms with E-state index in [2.05, 4.69) is 0 Å². The third-order valence-electron chi connectivity index (χ3n) is 2.22. The van der Waals surface area contributed by atoms with Gasteiger partial charge in [-0.3, -0.25) is 4.79 Å². The van der Waals surface area contributed by atoms with E-state index in [1.807, 2.05) is 19.1 Å². The largest absolute Gasteiger partial charge is 0.344 e. The molecule has 0 aromatic heterocycles. The van der Waals surface area contributed by atoms with Crippen molar-refractivity contribution >= 4 is 29.1 Å². The Morgan fingerprint density at radius 2 is 1.94 bits per heavy atom. The maximum absolute atomic E-state index is 11.8. The summed E-state index contributed by atoms with van der Waals surface area (Å²) in [5.41, 5.74) is 0.962. The quantitative estimate of drug-likeness (QED) is 0.762. The highest BCUT2D eigenvalue weighted by Crippen LogP contribution is 2.10. The lowest BCUT2D eigenvalue weighted by atomic mass is 10.1. The van der Waals surface area contributed by atoms with Gasteiger partial charge in [0, 0.05) is 24.0 Å². The highest BCUT2D eigenvalue weighted by Gasteiger charge is 2.11. The molecule has 0 aliphatic rings. The Bertz CT molecular complexity index is 349. The fraction of sp³-hybridized carbons (Fsp3) is 0.417. The van der Waals surface area contributed by atoms with Crippen molar-refractivity contribution in [3.05, 3.63) is 34.9 Å². The van der Waals surface area contributed by atoms with Crippen molar-refractivity contribution in [2.45, 2.75) is 18.7 Å². The zero-order valence-corrected chi connectivity index (χ0v) is 10.9. The van der Waals surface area contributed by atoms with Gasteiger partial charge in [-0.2, -0.15) is 0 Å². The molecule has 2 nitrogen and oxygen atoms in total. The number of nitrogens with zero attached hydrogens (tertiary/aromatic N) is 1. The molecule has 4 heteroatoms.